The summed E-state index contributed by atoms with van der Waals surface area (Å²) in [6, 6.07) is 9.53. The lowest BCUT2D eigenvalue weighted by molar-refractivity contribution is 0.0741. The highest BCUT2D eigenvalue weighted by Crippen LogP contribution is 2.19. The van der Waals surface area contributed by atoms with Crippen LogP contribution in [0.15, 0.2) is 36.5 Å². The summed E-state index contributed by atoms with van der Waals surface area (Å²) in [5.74, 6) is 0.0135. The van der Waals surface area contributed by atoms with Crippen molar-refractivity contribution in [3.05, 3.63) is 42.1 Å². The Labute approximate surface area is 113 Å². The number of rotatable bonds is 4. The number of fused-ring (bicyclic) bond motifs is 1. The number of hydrogen-bond donors (Lipinski definition) is 1. The molecule has 1 unspecified atom stereocenters. The van der Waals surface area contributed by atoms with Crippen LogP contribution in [0.4, 0.5) is 0 Å². The van der Waals surface area contributed by atoms with Crippen molar-refractivity contribution in [2.45, 2.75) is 19.4 Å². The highest BCUT2D eigenvalue weighted by atomic mass is 16.2. The number of pyridine rings is 1. The third kappa shape index (κ3) is 2.74. The SMILES string of the molecule is CC(CCN)N(C)C(=O)c1cccc2ncccc12. The predicted octanol–water partition coefficient (Wildman–Crippen LogP) is 2.04. The molecule has 0 radical (unpaired) electrons. The Morgan fingerprint density at radius 2 is 2.16 bits per heavy atom. The maximum absolute atomic E-state index is 12.5. The van der Waals surface area contributed by atoms with E-state index in [1.54, 1.807) is 11.1 Å². The van der Waals surface area contributed by atoms with Crippen molar-refractivity contribution in [2.75, 3.05) is 13.6 Å². The van der Waals surface area contributed by atoms with Crippen LogP contribution in [0.5, 0.6) is 0 Å². The zero-order valence-corrected chi connectivity index (χ0v) is 11.3. The van der Waals surface area contributed by atoms with Crippen LogP contribution in [-0.2, 0) is 0 Å². The molecular weight excluding hydrogens is 238 g/mol. The molecule has 0 bridgehead atoms. The zero-order valence-electron chi connectivity index (χ0n) is 11.3. The maximum atomic E-state index is 12.5. The summed E-state index contributed by atoms with van der Waals surface area (Å²) in [7, 11) is 1.82. The van der Waals surface area contributed by atoms with Crippen LogP contribution in [0.3, 0.4) is 0 Å². The van der Waals surface area contributed by atoms with E-state index in [1.165, 1.54) is 0 Å². The third-order valence-electron chi connectivity index (χ3n) is 3.44. The zero-order chi connectivity index (χ0) is 13.8. The smallest absolute Gasteiger partial charge is 0.254 e. The molecule has 2 aromatic rings. The van der Waals surface area contributed by atoms with Gasteiger partial charge in [0.15, 0.2) is 0 Å². The van der Waals surface area contributed by atoms with Crippen molar-refractivity contribution in [1.29, 1.82) is 0 Å². The van der Waals surface area contributed by atoms with Gasteiger partial charge in [-0.15, -0.1) is 0 Å². The summed E-state index contributed by atoms with van der Waals surface area (Å²) in [6.07, 6.45) is 2.53. The second-order valence-corrected chi connectivity index (χ2v) is 4.72. The molecule has 1 aromatic heterocycles. The van der Waals surface area contributed by atoms with Crippen molar-refractivity contribution in [3.8, 4) is 0 Å². The molecule has 4 heteroatoms. The Balaban J connectivity index is 2.36. The molecule has 1 aromatic carbocycles. The van der Waals surface area contributed by atoms with Gasteiger partial charge in [-0.25, -0.2) is 0 Å². The third-order valence-corrected chi connectivity index (χ3v) is 3.44. The monoisotopic (exact) mass is 257 g/mol. The molecule has 2 rings (SSSR count). The van der Waals surface area contributed by atoms with Crippen molar-refractivity contribution in [2.24, 2.45) is 5.73 Å². The van der Waals surface area contributed by atoms with Gasteiger partial charge >= 0.3 is 0 Å². The molecule has 100 valence electrons. The van der Waals surface area contributed by atoms with E-state index in [-0.39, 0.29) is 11.9 Å². The van der Waals surface area contributed by atoms with Gasteiger partial charge in [0.1, 0.15) is 0 Å². The first kappa shape index (κ1) is 13.5. The lowest BCUT2D eigenvalue weighted by Gasteiger charge is -2.25. The average Bonchev–Trinajstić information content (AvgIpc) is 2.45. The van der Waals surface area contributed by atoms with E-state index < -0.39 is 0 Å². The van der Waals surface area contributed by atoms with E-state index in [0.717, 1.165) is 17.3 Å². The van der Waals surface area contributed by atoms with E-state index in [9.17, 15) is 4.79 Å². The number of nitrogens with zero attached hydrogens (tertiary/aromatic N) is 2. The van der Waals surface area contributed by atoms with Gasteiger partial charge in [-0.05, 0) is 38.1 Å². The van der Waals surface area contributed by atoms with Crippen LogP contribution in [0.2, 0.25) is 0 Å². The molecule has 0 saturated heterocycles. The Morgan fingerprint density at radius 3 is 2.89 bits per heavy atom. The lowest BCUT2D eigenvalue weighted by atomic mass is 10.1. The number of aromatic nitrogens is 1. The fourth-order valence-corrected chi connectivity index (χ4v) is 2.11. The molecule has 1 heterocycles. The fourth-order valence-electron chi connectivity index (χ4n) is 2.11. The Kier molecular flexibility index (Phi) is 4.12. The molecule has 0 fully saturated rings. The number of benzene rings is 1. The molecule has 0 aliphatic rings. The molecule has 19 heavy (non-hydrogen) atoms. The predicted molar refractivity (Wildman–Crippen MR) is 77.0 cm³/mol. The molecule has 1 atom stereocenters. The Bertz CT molecular complexity index is 577. The molecule has 2 N–H and O–H groups in total. The Hall–Kier alpha value is -1.94. The molecule has 0 aliphatic carbocycles. The highest BCUT2D eigenvalue weighted by Gasteiger charge is 2.18. The standard InChI is InChI=1S/C15H19N3O/c1-11(8-9-16)18(2)15(19)13-5-3-7-14-12(13)6-4-10-17-14/h3-7,10-11H,8-9,16H2,1-2H3. The number of amides is 1. The van der Waals surface area contributed by atoms with Gasteiger partial charge in [-0.1, -0.05) is 12.1 Å². The average molecular weight is 257 g/mol. The van der Waals surface area contributed by atoms with E-state index >= 15 is 0 Å². The summed E-state index contributed by atoms with van der Waals surface area (Å²) in [5.41, 5.74) is 7.08. The lowest BCUT2D eigenvalue weighted by Crippen LogP contribution is -2.36. The fraction of sp³-hybridized carbons (Fsp3) is 0.333. The van der Waals surface area contributed by atoms with Gasteiger partial charge in [-0.2, -0.15) is 0 Å². The van der Waals surface area contributed by atoms with Crippen LogP contribution in [0.25, 0.3) is 10.9 Å². The molecule has 0 saturated carbocycles. The molecule has 0 spiro atoms. The number of nitrogens with two attached hydrogens (primary N) is 1. The second-order valence-electron chi connectivity index (χ2n) is 4.72. The van der Waals surface area contributed by atoms with E-state index in [2.05, 4.69) is 4.98 Å². The summed E-state index contributed by atoms with van der Waals surface area (Å²) in [4.78, 5) is 18.6. The molecule has 1 amide bonds. The second kappa shape index (κ2) is 5.80. The Morgan fingerprint density at radius 1 is 1.37 bits per heavy atom. The van der Waals surface area contributed by atoms with Crippen molar-refractivity contribution in [3.63, 3.8) is 0 Å². The number of hydrogen-bond acceptors (Lipinski definition) is 3. The largest absolute Gasteiger partial charge is 0.339 e. The molecule has 0 aliphatic heterocycles. The van der Waals surface area contributed by atoms with Gasteiger partial charge in [0.05, 0.1) is 5.52 Å². The van der Waals surface area contributed by atoms with Crippen LogP contribution in [-0.4, -0.2) is 35.4 Å². The van der Waals surface area contributed by atoms with E-state index in [0.29, 0.717) is 12.1 Å². The number of carbonyl (C=O) groups excluding carboxylic acids is 1. The highest BCUT2D eigenvalue weighted by molar-refractivity contribution is 6.06. The van der Waals surface area contributed by atoms with Crippen LogP contribution in [0.1, 0.15) is 23.7 Å². The van der Waals surface area contributed by atoms with Gasteiger partial charge in [0.25, 0.3) is 5.91 Å². The first-order valence-corrected chi connectivity index (χ1v) is 6.46. The van der Waals surface area contributed by atoms with Crippen molar-refractivity contribution in [1.82, 2.24) is 9.88 Å². The summed E-state index contributed by atoms with van der Waals surface area (Å²) >= 11 is 0. The quantitative estimate of drug-likeness (QED) is 0.912. The van der Waals surface area contributed by atoms with E-state index in [1.807, 2.05) is 44.3 Å². The summed E-state index contributed by atoms with van der Waals surface area (Å²) in [6.45, 7) is 2.59. The van der Waals surface area contributed by atoms with Crippen LogP contribution < -0.4 is 5.73 Å². The minimum absolute atomic E-state index is 0.0135. The first-order valence-electron chi connectivity index (χ1n) is 6.46. The van der Waals surface area contributed by atoms with Gasteiger partial charge in [0.2, 0.25) is 0 Å². The maximum Gasteiger partial charge on any atom is 0.254 e. The van der Waals surface area contributed by atoms with Gasteiger partial charge in [0, 0.05) is 30.2 Å². The van der Waals surface area contributed by atoms with Gasteiger partial charge < -0.3 is 10.6 Å². The van der Waals surface area contributed by atoms with Gasteiger partial charge in [-0.3, -0.25) is 9.78 Å². The normalized spacial score (nSPS) is 12.4. The van der Waals surface area contributed by atoms with Crippen LogP contribution in [0, 0.1) is 0 Å². The first-order chi connectivity index (χ1) is 9.15. The molecular formula is C15H19N3O. The summed E-state index contributed by atoms with van der Waals surface area (Å²) in [5, 5.41) is 0.891. The van der Waals surface area contributed by atoms with Crippen molar-refractivity contribution >= 4 is 16.8 Å². The van der Waals surface area contributed by atoms with Crippen molar-refractivity contribution < 1.29 is 4.79 Å². The number of carbonyl (C=O) groups is 1. The molecule has 4 nitrogen and oxygen atoms in total. The minimum Gasteiger partial charge on any atom is -0.339 e. The topological polar surface area (TPSA) is 59.2 Å². The minimum atomic E-state index is 0.0135. The summed E-state index contributed by atoms with van der Waals surface area (Å²) < 4.78 is 0. The van der Waals surface area contributed by atoms with Crippen LogP contribution >= 0.6 is 0 Å². The van der Waals surface area contributed by atoms with E-state index in [4.69, 9.17) is 5.73 Å².